The number of ketones is 1. The van der Waals surface area contributed by atoms with Crippen molar-refractivity contribution in [2.75, 3.05) is 6.61 Å². The van der Waals surface area contributed by atoms with Crippen LogP contribution >= 0.6 is 0 Å². The molecule has 0 aliphatic heterocycles. The lowest BCUT2D eigenvalue weighted by Gasteiger charge is -2.45. The first kappa shape index (κ1) is 19.2. The molecular weight excluding hydrogens is 372 g/mol. The molecule has 1 fully saturated rings. The summed E-state index contributed by atoms with van der Waals surface area (Å²) in [4.78, 5) is 36.1. The van der Waals surface area contributed by atoms with Gasteiger partial charge in [-0.2, -0.15) is 0 Å². The Labute approximate surface area is 168 Å². The number of aryl methyl sites for hydroxylation is 1. The number of Topliss-reactive ketones (excluding diaryl/α,β-unsaturated/α-hetero) is 1. The number of carbonyl (C=O) groups is 3. The van der Waals surface area contributed by atoms with Crippen molar-refractivity contribution in [3.05, 3.63) is 65.2 Å². The van der Waals surface area contributed by atoms with Gasteiger partial charge in [0, 0.05) is 12.3 Å². The Bertz CT molecular complexity index is 951. The van der Waals surface area contributed by atoms with Crippen LogP contribution in [0.2, 0.25) is 0 Å². The number of aliphatic carboxylic acids is 2. The normalized spacial score (nSPS) is 24.8. The van der Waals surface area contributed by atoms with Crippen LogP contribution in [-0.4, -0.2) is 34.5 Å². The largest absolute Gasteiger partial charge is 0.494 e. The zero-order valence-electron chi connectivity index (χ0n) is 15.8. The van der Waals surface area contributed by atoms with E-state index in [0.29, 0.717) is 17.9 Å². The van der Waals surface area contributed by atoms with E-state index >= 15 is 0 Å². The number of carboxylic acids is 2. The van der Waals surface area contributed by atoms with Gasteiger partial charge in [0.05, 0.1) is 24.4 Å². The van der Waals surface area contributed by atoms with Crippen molar-refractivity contribution in [2.24, 2.45) is 11.8 Å². The lowest BCUT2D eigenvalue weighted by atomic mass is 9.55. The minimum absolute atomic E-state index is 0.0791. The standard InChI is InChI=1S/C23H22O6/c24-18-12-17-15-9-8-14(29-10-4-7-13-5-2-1-3-6-13)11-16(15)19(18)21(23(27)28)20(17)22(25)26/h1-3,5-6,8-9,11,17,19-21H,4,7,10,12H2,(H,25,26)(H,27,28). The Hall–Kier alpha value is -3.15. The molecular formula is C23H22O6. The van der Waals surface area contributed by atoms with E-state index in [2.05, 4.69) is 12.1 Å². The fourth-order valence-electron chi connectivity index (χ4n) is 4.78. The molecule has 0 saturated heterocycles. The average Bonchev–Trinajstić information content (AvgIpc) is 2.71. The number of ether oxygens (including phenoxy) is 1. The van der Waals surface area contributed by atoms with E-state index in [-0.39, 0.29) is 12.2 Å². The SMILES string of the molecule is O=C1CC2c3ccc(OCCCc4ccccc4)cc3C1C(C(=O)O)C2C(=O)O. The highest BCUT2D eigenvalue weighted by Gasteiger charge is 2.57. The molecule has 0 spiro atoms. The number of hydrogen-bond acceptors (Lipinski definition) is 4. The maximum absolute atomic E-state index is 12.5. The topological polar surface area (TPSA) is 101 Å². The zero-order valence-corrected chi connectivity index (χ0v) is 15.8. The summed E-state index contributed by atoms with van der Waals surface area (Å²) in [5.74, 6) is -5.87. The van der Waals surface area contributed by atoms with Crippen molar-refractivity contribution in [3.8, 4) is 5.75 Å². The van der Waals surface area contributed by atoms with Crippen molar-refractivity contribution in [3.63, 3.8) is 0 Å². The summed E-state index contributed by atoms with van der Waals surface area (Å²) in [5.41, 5.74) is 2.60. The highest BCUT2D eigenvalue weighted by Crippen LogP contribution is 2.54. The molecule has 2 aromatic carbocycles. The molecule has 3 aliphatic carbocycles. The van der Waals surface area contributed by atoms with Gasteiger partial charge in [0.2, 0.25) is 0 Å². The first-order valence-corrected chi connectivity index (χ1v) is 9.76. The molecule has 5 rings (SSSR count). The molecule has 3 aliphatic rings. The number of carboxylic acid groups (broad SMARTS) is 2. The van der Waals surface area contributed by atoms with Crippen LogP contribution in [0.25, 0.3) is 0 Å². The third-order valence-corrected chi connectivity index (χ3v) is 6.03. The van der Waals surface area contributed by atoms with E-state index in [0.717, 1.165) is 18.4 Å². The molecule has 2 N–H and O–H groups in total. The van der Waals surface area contributed by atoms with E-state index in [1.54, 1.807) is 18.2 Å². The fourth-order valence-corrected chi connectivity index (χ4v) is 4.78. The molecule has 0 radical (unpaired) electrons. The Balaban J connectivity index is 1.52. The van der Waals surface area contributed by atoms with Gasteiger partial charge >= 0.3 is 11.9 Å². The quantitative estimate of drug-likeness (QED) is 0.699. The lowest BCUT2D eigenvalue weighted by Crippen LogP contribution is -2.49. The van der Waals surface area contributed by atoms with Crippen LogP contribution in [-0.2, 0) is 20.8 Å². The molecule has 1 saturated carbocycles. The molecule has 29 heavy (non-hydrogen) atoms. The Morgan fingerprint density at radius 3 is 2.38 bits per heavy atom. The zero-order chi connectivity index (χ0) is 20.5. The van der Waals surface area contributed by atoms with Crippen LogP contribution in [0.15, 0.2) is 48.5 Å². The number of hydrogen-bond donors (Lipinski definition) is 2. The number of rotatable bonds is 7. The summed E-state index contributed by atoms with van der Waals surface area (Å²) in [7, 11) is 0. The molecule has 6 heteroatoms. The van der Waals surface area contributed by atoms with Gasteiger partial charge in [-0.25, -0.2) is 0 Å². The maximum Gasteiger partial charge on any atom is 0.308 e. The second-order valence-electron chi connectivity index (χ2n) is 7.71. The Morgan fingerprint density at radius 1 is 0.966 bits per heavy atom. The van der Waals surface area contributed by atoms with Gasteiger partial charge in [-0.3, -0.25) is 14.4 Å². The molecule has 0 amide bonds. The van der Waals surface area contributed by atoms with Gasteiger partial charge in [0.1, 0.15) is 11.5 Å². The number of carbonyl (C=O) groups excluding carboxylic acids is 1. The van der Waals surface area contributed by atoms with Crippen molar-refractivity contribution in [1.82, 2.24) is 0 Å². The summed E-state index contributed by atoms with van der Waals surface area (Å²) < 4.78 is 5.83. The van der Waals surface area contributed by atoms with Crippen LogP contribution < -0.4 is 4.74 Å². The van der Waals surface area contributed by atoms with Gasteiger partial charge in [-0.1, -0.05) is 36.4 Å². The highest BCUT2D eigenvalue weighted by molar-refractivity contribution is 5.98. The van der Waals surface area contributed by atoms with Crippen molar-refractivity contribution < 1.29 is 29.3 Å². The summed E-state index contributed by atoms with van der Waals surface area (Å²) >= 11 is 0. The van der Waals surface area contributed by atoms with Crippen molar-refractivity contribution >= 4 is 17.7 Å². The fraction of sp³-hybridized carbons (Fsp3) is 0.348. The Kier molecular flexibility index (Phi) is 5.09. The summed E-state index contributed by atoms with van der Waals surface area (Å²) in [6.07, 6.45) is 1.79. The average molecular weight is 394 g/mol. The van der Waals surface area contributed by atoms with Crippen LogP contribution in [0.1, 0.15) is 41.4 Å². The minimum Gasteiger partial charge on any atom is -0.494 e. The van der Waals surface area contributed by atoms with E-state index in [1.165, 1.54) is 5.56 Å². The molecule has 4 unspecified atom stereocenters. The molecule has 0 aromatic heterocycles. The first-order chi connectivity index (χ1) is 14.0. The molecule has 150 valence electrons. The molecule has 0 heterocycles. The van der Waals surface area contributed by atoms with Crippen LogP contribution in [0.5, 0.6) is 5.75 Å². The Morgan fingerprint density at radius 2 is 1.69 bits per heavy atom. The van der Waals surface area contributed by atoms with Crippen molar-refractivity contribution in [1.29, 1.82) is 0 Å². The lowest BCUT2D eigenvalue weighted by molar-refractivity contribution is -0.160. The molecule has 2 aromatic rings. The van der Waals surface area contributed by atoms with E-state index in [1.807, 2.05) is 18.2 Å². The van der Waals surface area contributed by atoms with Gasteiger partial charge in [-0.05, 0) is 41.7 Å². The molecule has 2 bridgehead atoms. The van der Waals surface area contributed by atoms with Gasteiger partial charge in [-0.15, -0.1) is 0 Å². The molecule has 6 nitrogen and oxygen atoms in total. The van der Waals surface area contributed by atoms with Crippen LogP contribution in [0, 0.1) is 11.8 Å². The van der Waals surface area contributed by atoms with E-state index in [4.69, 9.17) is 4.74 Å². The summed E-state index contributed by atoms with van der Waals surface area (Å²) in [6.45, 7) is 0.496. The second kappa shape index (κ2) is 7.70. The summed E-state index contributed by atoms with van der Waals surface area (Å²) in [6, 6.07) is 15.4. The molecule has 4 atom stereocenters. The van der Waals surface area contributed by atoms with Gasteiger partial charge in [0.25, 0.3) is 0 Å². The minimum atomic E-state index is -1.24. The number of fused-ring (bicyclic) bond motifs is 2. The monoisotopic (exact) mass is 394 g/mol. The predicted octanol–water partition coefficient (Wildman–Crippen LogP) is 3.25. The predicted molar refractivity (Wildman–Crippen MR) is 104 cm³/mol. The van der Waals surface area contributed by atoms with E-state index < -0.39 is 35.6 Å². The highest BCUT2D eigenvalue weighted by atomic mass is 16.5. The van der Waals surface area contributed by atoms with Gasteiger partial charge < -0.3 is 14.9 Å². The smallest absolute Gasteiger partial charge is 0.308 e. The first-order valence-electron chi connectivity index (χ1n) is 9.76. The number of benzene rings is 2. The summed E-state index contributed by atoms with van der Waals surface area (Å²) in [5, 5.41) is 19.2. The third-order valence-electron chi connectivity index (χ3n) is 6.03. The second-order valence-corrected chi connectivity index (χ2v) is 7.71. The van der Waals surface area contributed by atoms with Crippen LogP contribution in [0.4, 0.5) is 0 Å². The van der Waals surface area contributed by atoms with Crippen molar-refractivity contribution in [2.45, 2.75) is 31.1 Å². The van der Waals surface area contributed by atoms with E-state index in [9.17, 15) is 24.6 Å². The van der Waals surface area contributed by atoms with Gasteiger partial charge in [0.15, 0.2) is 0 Å². The van der Waals surface area contributed by atoms with Crippen LogP contribution in [0.3, 0.4) is 0 Å². The third kappa shape index (κ3) is 3.50. The maximum atomic E-state index is 12.5.